The van der Waals surface area contributed by atoms with Crippen LogP contribution in [0.25, 0.3) is 10.8 Å². The minimum absolute atomic E-state index is 0.120. The molecule has 2 heterocycles. The fraction of sp³-hybridized carbons (Fsp3) is 0.250. The molecule has 178 valence electrons. The van der Waals surface area contributed by atoms with Crippen molar-refractivity contribution in [1.29, 1.82) is 0 Å². The zero-order valence-electron chi connectivity index (χ0n) is 18.2. The molecule has 0 saturated heterocycles. The highest BCUT2D eigenvalue weighted by Crippen LogP contribution is 2.35. The van der Waals surface area contributed by atoms with Crippen LogP contribution in [0, 0.1) is 6.92 Å². The summed E-state index contributed by atoms with van der Waals surface area (Å²) in [6, 6.07) is 16.8. The minimum Gasteiger partial charge on any atom is -0.485 e. The second-order valence-corrected chi connectivity index (χ2v) is 7.99. The van der Waals surface area contributed by atoms with Gasteiger partial charge in [0.05, 0.1) is 10.7 Å². The van der Waals surface area contributed by atoms with E-state index in [2.05, 4.69) is 10.4 Å². The van der Waals surface area contributed by atoms with Gasteiger partial charge in [-0.2, -0.15) is 18.3 Å². The molecule has 2 aromatic carbocycles. The van der Waals surface area contributed by atoms with Crippen LogP contribution in [0.1, 0.15) is 34.1 Å². The van der Waals surface area contributed by atoms with Gasteiger partial charge in [-0.15, -0.1) is 0 Å². The molecule has 0 spiro atoms. The maximum atomic E-state index is 12.9. The molecule has 4 aromatic rings. The van der Waals surface area contributed by atoms with Crippen LogP contribution < -0.4 is 10.1 Å². The SMILES string of the molecule is Cc1c(Cl)c(C(F)(F)F)nn1CCCNC(=O)c1ccc(COc2cccc3ccccc23)o1. The predicted molar refractivity (Wildman–Crippen MR) is 121 cm³/mol. The number of ether oxygens (including phenoxy) is 1. The highest BCUT2D eigenvalue weighted by atomic mass is 35.5. The van der Waals surface area contributed by atoms with E-state index in [0.717, 1.165) is 10.8 Å². The molecule has 4 rings (SSSR count). The van der Waals surface area contributed by atoms with Crippen LogP contribution in [0.15, 0.2) is 59.0 Å². The van der Waals surface area contributed by atoms with Gasteiger partial charge in [-0.05, 0) is 36.9 Å². The monoisotopic (exact) mass is 491 g/mol. The second-order valence-electron chi connectivity index (χ2n) is 7.61. The van der Waals surface area contributed by atoms with Crippen LogP contribution in [0.5, 0.6) is 5.75 Å². The number of halogens is 4. The molecule has 0 fully saturated rings. The topological polar surface area (TPSA) is 69.3 Å². The number of furan rings is 1. The standard InChI is InChI=1S/C24H21ClF3N3O3/c1-15-21(25)22(24(26,27)28)30-31(15)13-5-12-29-23(32)20-11-10-17(34-20)14-33-19-9-4-7-16-6-2-3-8-18(16)19/h2-4,6-11H,5,12-14H2,1H3,(H,29,32). The number of carbonyl (C=O) groups is 1. The molecule has 1 N–H and O–H groups in total. The average Bonchev–Trinajstić information content (AvgIpc) is 3.40. The van der Waals surface area contributed by atoms with Gasteiger partial charge in [0.25, 0.3) is 5.91 Å². The molecule has 2 aromatic heterocycles. The van der Waals surface area contributed by atoms with E-state index in [9.17, 15) is 18.0 Å². The van der Waals surface area contributed by atoms with Crippen molar-refractivity contribution < 1.29 is 27.1 Å². The van der Waals surface area contributed by atoms with Gasteiger partial charge in [-0.1, -0.05) is 48.0 Å². The lowest BCUT2D eigenvalue weighted by atomic mass is 10.1. The summed E-state index contributed by atoms with van der Waals surface area (Å²) in [6.45, 7) is 2.01. The number of amides is 1. The van der Waals surface area contributed by atoms with E-state index in [1.807, 2.05) is 42.5 Å². The van der Waals surface area contributed by atoms with Gasteiger partial charge in [0.1, 0.15) is 18.1 Å². The molecule has 0 atom stereocenters. The van der Waals surface area contributed by atoms with Gasteiger partial charge in [0.2, 0.25) is 0 Å². The van der Waals surface area contributed by atoms with Crippen LogP contribution in [0.2, 0.25) is 5.02 Å². The Morgan fingerprint density at radius 2 is 1.91 bits per heavy atom. The molecule has 0 radical (unpaired) electrons. The van der Waals surface area contributed by atoms with E-state index in [1.54, 1.807) is 12.1 Å². The number of hydrogen-bond donors (Lipinski definition) is 1. The van der Waals surface area contributed by atoms with Gasteiger partial charge in [0.15, 0.2) is 11.5 Å². The Labute approximate surface area is 198 Å². The number of aryl methyl sites for hydroxylation is 1. The number of rotatable bonds is 8. The number of fused-ring (bicyclic) bond motifs is 1. The summed E-state index contributed by atoms with van der Waals surface area (Å²) in [4.78, 5) is 12.3. The Kier molecular flexibility index (Phi) is 6.83. The molecule has 0 aliphatic carbocycles. The molecule has 0 bridgehead atoms. The third-order valence-corrected chi connectivity index (χ3v) is 5.69. The first-order valence-corrected chi connectivity index (χ1v) is 10.9. The van der Waals surface area contributed by atoms with Gasteiger partial charge in [0, 0.05) is 18.5 Å². The van der Waals surface area contributed by atoms with Crippen LogP contribution in [-0.4, -0.2) is 22.2 Å². The zero-order valence-corrected chi connectivity index (χ0v) is 18.9. The smallest absolute Gasteiger partial charge is 0.436 e. The highest BCUT2D eigenvalue weighted by Gasteiger charge is 2.38. The Balaban J connectivity index is 1.28. The van der Waals surface area contributed by atoms with E-state index >= 15 is 0 Å². The van der Waals surface area contributed by atoms with Crippen molar-refractivity contribution in [1.82, 2.24) is 15.1 Å². The lowest BCUT2D eigenvalue weighted by molar-refractivity contribution is -0.141. The van der Waals surface area contributed by atoms with Crippen LogP contribution in [0.3, 0.4) is 0 Å². The third-order valence-electron chi connectivity index (χ3n) is 5.24. The molecule has 10 heteroatoms. The summed E-state index contributed by atoms with van der Waals surface area (Å²) in [5.41, 5.74) is -0.883. The minimum atomic E-state index is -4.62. The van der Waals surface area contributed by atoms with Crippen molar-refractivity contribution >= 4 is 28.3 Å². The van der Waals surface area contributed by atoms with Gasteiger partial charge in [-0.3, -0.25) is 9.48 Å². The summed E-state index contributed by atoms with van der Waals surface area (Å²) in [7, 11) is 0. The summed E-state index contributed by atoms with van der Waals surface area (Å²) >= 11 is 5.74. The number of benzene rings is 2. The number of alkyl halides is 3. The molecule has 0 unspecified atom stereocenters. The number of aromatic nitrogens is 2. The maximum Gasteiger partial charge on any atom is 0.436 e. The molecule has 0 saturated carbocycles. The van der Waals surface area contributed by atoms with Crippen molar-refractivity contribution in [2.45, 2.75) is 32.7 Å². The van der Waals surface area contributed by atoms with Crippen molar-refractivity contribution in [2.24, 2.45) is 0 Å². The summed E-state index contributed by atoms with van der Waals surface area (Å²) < 4.78 is 51.4. The lowest BCUT2D eigenvalue weighted by Crippen LogP contribution is -2.25. The molecular formula is C24H21ClF3N3O3. The molecule has 34 heavy (non-hydrogen) atoms. The maximum absolute atomic E-state index is 12.9. The molecule has 1 amide bonds. The lowest BCUT2D eigenvalue weighted by Gasteiger charge is -2.08. The Hall–Kier alpha value is -3.46. The van der Waals surface area contributed by atoms with Gasteiger partial charge in [-0.25, -0.2) is 0 Å². The first-order chi connectivity index (χ1) is 16.2. The van der Waals surface area contributed by atoms with Crippen molar-refractivity contribution in [3.05, 3.63) is 82.5 Å². The fourth-order valence-corrected chi connectivity index (χ4v) is 3.73. The second kappa shape index (κ2) is 9.80. The Morgan fingerprint density at radius 3 is 2.68 bits per heavy atom. The molecular weight excluding hydrogens is 471 g/mol. The van der Waals surface area contributed by atoms with Crippen LogP contribution >= 0.6 is 11.6 Å². The van der Waals surface area contributed by atoms with Gasteiger partial charge < -0.3 is 14.5 Å². The Bertz CT molecular complexity index is 1310. The average molecular weight is 492 g/mol. The van der Waals surface area contributed by atoms with E-state index < -0.39 is 22.8 Å². The number of nitrogens with zero attached hydrogens (tertiary/aromatic N) is 2. The van der Waals surface area contributed by atoms with Crippen molar-refractivity contribution in [3.63, 3.8) is 0 Å². The highest BCUT2D eigenvalue weighted by molar-refractivity contribution is 6.31. The largest absolute Gasteiger partial charge is 0.485 e. The number of carbonyl (C=O) groups excluding carboxylic acids is 1. The van der Waals surface area contributed by atoms with Crippen LogP contribution in [-0.2, 0) is 19.3 Å². The summed E-state index contributed by atoms with van der Waals surface area (Å²) in [5, 5.41) is 7.84. The normalized spacial score (nSPS) is 11.7. The van der Waals surface area contributed by atoms with Crippen molar-refractivity contribution in [3.8, 4) is 5.75 Å². The summed E-state index contributed by atoms with van der Waals surface area (Å²) in [5.74, 6) is 0.888. The van der Waals surface area contributed by atoms with E-state index in [0.29, 0.717) is 17.9 Å². The molecule has 0 aliphatic rings. The summed E-state index contributed by atoms with van der Waals surface area (Å²) in [6.07, 6.45) is -4.25. The van der Waals surface area contributed by atoms with Crippen molar-refractivity contribution in [2.75, 3.05) is 6.54 Å². The predicted octanol–water partition coefficient (Wildman–Crippen LogP) is 6.01. The Morgan fingerprint density at radius 1 is 1.15 bits per heavy atom. The fourth-order valence-electron chi connectivity index (χ4n) is 3.49. The molecule has 6 nitrogen and oxygen atoms in total. The first-order valence-electron chi connectivity index (χ1n) is 10.5. The molecule has 0 aliphatic heterocycles. The first kappa shape index (κ1) is 23.7. The number of hydrogen-bond acceptors (Lipinski definition) is 4. The van der Waals surface area contributed by atoms with Gasteiger partial charge >= 0.3 is 6.18 Å². The van der Waals surface area contributed by atoms with E-state index in [-0.39, 0.29) is 31.2 Å². The van der Waals surface area contributed by atoms with E-state index in [1.165, 1.54) is 11.6 Å². The number of nitrogens with one attached hydrogen (secondary N) is 1. The zero-order chi connectivity index (χ0) is 24.3. The van der Waals surface area contributed by atoms with E-state index in [4.69, 9.17) is 20.8 Å². The quantitative estimate of drug-likeness (QED) is 0.306. The van der Waals surface area contributed by atoms with Crippen LogP contribution in [0.4, 0.5) is 13.2 Å². The third kappa shape index (κ3) is 5.20.